The molecule has 0 aromatic carbocycles. The van der Waals surface area contributed by atoms with Gasteiger partial charge in [0.1, 0.15) is 0 Å². The Labute approximate surface area is 110 Å². The van der Waals surface area contributed by atoms with Crippen LogP contribution < -0.4 is 11.1 Å². The Morgan fingerprint density at radius 1 is 1.50 bits per heavy atom. The normalized spacial score (nSPS) is 25.6. The molecule has 2 atom stereocenters. The number of piperidine rings is 1. The van der Waals surface area contributed by atoms with Crippen LogP contribution in [0.3, 0.4) is 0 Å². The summed E-state index contributed by atoms with van der Waals surface area (Å²) in [5.41, 5.74) is 5.60. The number of aliphatic carboxylic acids is 1. The first-order valence-corrected chi connectivity index (χ1v) is 6.88. The van der Waals surface area contributed by atoms with Crippen molar-refractivity contribution in [3.63, 3.8) is 0 Å². The molecule has 0 aromatic heterocycles. The zero-order chi connectivity index (χ0) is 13.5. The van der Waals surface area contributed by atoms with E-state index in [9.17, 15) is 4.79 Å². The molecule has 5 nitrogen and oxygen atoms in total. The van der Waals surface area contributed by atoms with Gasteiger partial charge in [-0.1, -0.05) is 13.8 Å². The van der Waals surface area contributed by atoms with E-state index in [1.807, 2.05) is 0 Å². The average molecular weight is 257 g/mol. The van der Waals surface area contributed by atoms with E-state index < -0.39 is 5.97 Å². The van der Waals surface area contributed by atoms with E-state index in [1.54, 1.807) is 0 Å². The van der Waals surface area contributed by atoms with Crippen molar-refractivity contribution in [1.29, 1.82) is 0 Å². The maximum Gasteiger partial charge on any atom is 0.303 e. The highest BCUT2D eigenvalue weighted by Gasteiger charge is 2.27. The van der Waals surface area contributed by atoms with Gasteiger partial charge >= 0.3 is 5.97 Å². The molecular formula is C13H27N3O2. The molecule has 0 bridgehead atoms. The summed E-state index contributed by atoms with van der Waals surface area (Å²) < 4.78 is 0. The summed E-state index contributed by atoms with van der Waals surface area (Å²) in [4.78, 5) is 13.1. The summed E-state index contributed by atoms with van der Waals surface area (Å²) in [6.07, 6.45) is 1.22. The number of nitrogens with zero attached hydrogens (tertiary/aromatic N) is 1. The smallest absolute Gasteiger partial charge is 0.303 e. The molecule has 18 heavy (non-hydrogen) atoms. The standard InChI is InChI=1S/C13H27N3O2/c1-10(2)7-15-12-5-11(6-13(17)18)8-16(9-12)4-3-14/h10-12,15H,3-9,14H2,1-2H3,(H,17,18). The number of nitrogens with one attached hydrogen (secondary N) is 1. The molecule has 106 valence electrons. The SMILES string of the molecule is CC(C)CNC1CC(CC(=O)O)CN(CCN)C1. The minimum Gasteiger partial charge on any atom is -0.481 e. The van der Waals surface area contributed by atoms with E-state index in [4.69, 9.17) is 10.8 Å². The quantitative estimate of drug-likeness (QED) is 0.613. The van der Waals surface area contributed by atoms with Crippen LogP contribution >= 0.6 is 0 Å². The Hall–Kier alpha value is -0.650. The number of rotatable bonds is 7. The van der Waals surface area contributed by atoms with Crippen molar-refractivity contribution in [3.05, 3.63) is 0 Å². The molecular weight excluding hydrogens is 230 g/mol. The van der Waals surface area contributed by atoms with E-state index >= 15 is 0 Å². The molecule has 0 aliphatic carbocycles. The summed E-state index contributed by atoms with van der Waals surface area (Å²) in [5.74, 6) is 0.164. The van der Waals surface area contributed by atoms with Crippen molar-refractivity contribution >= 4 is 5.97 Å². The summed E-state index contributed by atoms with van der Waals surface area (Å²) in [6.45, 7) is 8.70. The second-order valence-corrected chi connectivity index (χ2v) is 5.75. The van der Waals surface area contributed by atoms with Crippen molar-refractivity contribution in [2.75, 3.05) is 32.7 Å². The average Bonchev–Trinajstić information content (AvgIpc) is 2.25. The Morgan fingerprint density at radius 2 is 2.22 bits per heavy atom. The molecule has 1 fully saturated rings. The minimum atomic E-state index is -0.697. The van der Waals surface area contributed by atoms with E-state index in [0.29, 0.717) is 18.5 Å². The van der Waals surface area contributed by atoms with Crippen LogP contribution in [-0.4, -0.2) is 54.7 Å². The van der Waals surface area contributed by atoms with Gasteiger partial charge in [0, 0.05) is 38.6 Å². The summed E-state index contributed by atoms with van der Waals surface area (Å²) >= 11 is 0. The van der Waals surface area contributed by atoms with Crippen LogP contribution in [0, 0.1) is 11.8 Å². The van der Waals surface area contributed by atoms with Gasteiger partial charge in [-0.2, -0.15) is 0 Å². The molecule has 0 radical (unpaired) electrons. The molecule has 1 heterocycles. The molecule has 1 rings (SSSR count). The number of carboxylic acids is 1. The lowest BCUT2D eigenvalue weighted by molar-refractivity contribution is -0.138. The lowest BCUT2D eigenvalue weighted by Crippen LogP contribution is -2.51. The molecule has 0 spiro atoms. The number of hydrogen-bond donors (Lipinski definition) is 3. The van der Waals surface area contributed by atoms with Gasteiger partial charge in [-0.05, 0) is 24.8 Å². The molecule has 5 heteroatoms. The summed E-state index contributed by atoms with van der Waals surface area (Å²) in [6, 6.07) is 0.400. The first-order chi connectivity index (χ1) is 8.51. The molecule has 0 aromatic rings. The fourth-order valence-electron chi connectivity index (χ4n) is 2.61. The lowest BCUT2D eigenvalue weighted by atomic mass is 9.91. The highest BCUT2D eigenvalue weighted by molar-refractivity contribution is 5.67. The fraction of sp³-hybridized carbons (Fsp3) is 0.923. The number of nitrogens with two attached hydrogens (primary N) is 1. The van der Waals surface area contributed by atoms with E-state index in [0.717, 1.165) is 32.6 Å². The maximum absolute atomic E-state index is 10.8. The largest absolute Gasteiger partial charge is 0.481 e. The van der Waals surface area contributed by atoms with Gasteiger partial charge in [0.25, 0.3) is 0 Å². The van der Waals surface area contributed by atoms with Crippen LogP contribution in [0.4, 0.5) is 0 Å². The monoisotopic (exact) mass is 257 g/mol. The van der Waals surface area contributed by atoms with Crippen LogP contribution in [0.25, 0.3) is 0 Å². The van der Waals surface area contributed by atoms with E-state index in [1.165, 1.54) is 0 Å². The molecule has 1 aliphatic heterocycles. The van der Waals surface area contributed by atoms with E-state index in [-0.39, 0.29) is 12.3 Å². The zero-order valence-corrected chi connectivity index (χ0v) is 11.6. The molecule has 1 saturated heterocycles. The highest BCUT2D eigenvalue weighted by atomic mass is 16.4. The van der Waals surface area contributed by atoms with Crippen molar-refractivity contribution < 1.29 is 9.90 Å². The third-order valence-electron chi connectivity index (χ3n) is 3.34. The summed E-state index contributed by atoms with van der Waals surface area (Å²) in [5, 5.41) is 12.5. The third kappa shape index (κ3) is 5.80. The van der Waals surface area contributed by atoms with Crippen LogP contribution in [0.2, 0.25) is 0 Å². The van der Waals surface area contributed by atoms with Gasteiger partial charge in [0.2, 0.25) is 0 Å². The van der Waals surface area contributed by atoms with Gasteiger partial charge in [0.05, 0.1) is 0 Å². The second kappa shape index (κ2) is 7.71. The molecule has 0 amide bonds. The third-order valence-corrected chi connectivity index (χ3v) is 3.34. The number of likely N-dealkylation sites (tertiary alicyclic amines) is 1. The van der Waals surface area contributed by atoms with Gasteiger partial charge in [0.15, 0.2) is 0 Å². The van der Waals surface area contributed by atoms with Crippen molar-refractivity contribution in [2.24, 2.45) is 17.6 Å². The topological polar surface area (TPSA) is 78.6 Å². The van der Waals surface area contributed by atoms with Gasteiger partial charge < -0.3 is 21.1 Å². The first-order valence-electron chi connectivity index (χ1n) is 6.88. The van der Waals surface area contributed by atoms with Crippen molar-refractivity contribution in [2.45, 2.75) is 32.7 Å². The number of hydrogen-bond acceptors (Lipinski definition) is 4. The van der Waals surface area contributed by atoms with Crippen molar-refractivity contribution in [1.82, 2.24) is 10.2 Å². The molecule has 4 N–H and O–H groups in total. The fourth-order valence-corrected chi connectivity index (χ4v) is 2.61. The molecule has 2 unspecified atom stereocenters. The van der Waals surface area contributed by atoms with Gasteiger partial charge in [-0.25, -0.2) is 0 Å². The first kappa shape index (κ1) is 15.4. The van der Waals surface area contributed by atoms with Crippen LogP contribution in [0.1, 0.15) is 26.7 Å². The summed E-state index contributed by atoms with van der Waals surface area (Å²) in [7, 11) is 0. The number of carboxylic acid groups (broad SMARTS) is 1. The Kier molecular flexibility index (Phi) is 6.60. The van der Waals surface area contributed by atoms with E-state index in [2.05, 4.69) is 24.1 Å². The Bertz CT molecular complexity index is 259. The maximum atomic E-state index is 10.8. The molecule has 0 saturated carbocycles. The highest BCUT2D eigenvalue weighted by Crippen LogP contribution is 2.20. The van der Waals surface area contributed by atoms with Crippen LogP contribution in [-0.2, 0) is 4.79 Å². The predicted octanol–water partition coefficient (Wildman–Crippen LogP) is 0.356. The van der Waals surface area contributed by atoms with Gasteiger partial charge in [-0.15, -0.1) is 0 Å². The Balaban J connectivity index is 2.47. The predicted molar refractivity (Wildman–Crippen MR) is 72.5 cm³/mol. The molecule has 1 aliphatic rings. The van der Waals surface area contributed by atoms with Crippen molar-refractivity contribution in [3.8, 4) is 0 Å². The minimum absolute atomic E-state index is 0.243. The zero-order valence-electron chi connectivity index (χ0n) is 11.6. The number of carbonyl (C=O) groups is 1. The lowest BCUT2D eigenvalue weighted by Gasteiger charge is -2.38. The van der Waals surface area contributed by atoms with Crippen LogP contribution in [0.5, 0.6) is 0 Å². The Morgan fingerprint density at radius 3 is 2.78 bits per heavy atom. The second-order valence-electron chi connectivity index (χ2n) is 5.75. The van der Waals surface area contributed by atoms with Crippen LogP contribution in [0.15, 0.2) is 0 Å². The van der Waals surface area contributed by atoms with Gasteiger partial charge in [-0.3, -0.25) is 4.79 Å².